The Labute approximate surface area is 78.3 Å². The highest BCUT2D eigenvalue weighted by Crippen LogP contribution is 1.83. The maximum absolute atomic E-state index is 10.9. The molecule has 0 heterocycles. The SMILES string of the molecule is C=C(C)C(=O)NCCNS(C)(=O)=O. The summed E-state index contributed by atoms with van der Waals surface area (Å²) < 4.78 is 23.4. The zero-order valence-corrected chi connectivity index (χ0v) is 8.57. The van der Waals surface area contributed by atoms with Gasteiger partial charge in [-0.15, -0.1) is 0 Å². The third-order valence-electron chi connectivity index (χ3n) is 1.16. The zero-order chi connectivity index (χ0) is 10.5. The molecule has 76 valence electrons. The van der Waals surface area contributed by atoms with Gasteiger partial charge in [0.25, 0.3) is 0 Å². The van der Waals surface area contributed by atoms with Crippen LogP contribution in [-0.4, -0.2) is 33.7 Å². The Balaban J connectivity index is 3.59. The summed E-state index contributed by atoms with van der Waals surface area (Å²) in [4.78, 5) is 10.9. The van der Waals surface area contributed by atoms with Gasteiger partial charge in [0, 0.05) is 18.7 Å². The molecular formula is C7H14N2O3S. The summed E-state index contributed by atoms with van der Waals surface area (Å²) in [7, 11) is -3.17. The van der Waals surface area contributed by atoms with E-state index in [1.54, 1.807) is 6.92 Å². The third kappa shape index (κ3) is 7.48. The number of hydrogen-bond donors (Lipinski definition) is 2. The summed E-state index contributed by atoms with van der Waals surface area (Å²) in [5, 5.41) is 2.49. The van der Waals surface area contributed by atoms with Crippen molar-refractivity contribution in [3.8, 4) is 0 Å². The molecule has 0 aliphatic rings. The van der Waals surface area contributed by atoms with Gasteiger partial charge in [-0.05, 0) is 6.92 Å². The van der Waals surface area contributed by atoms with E-state index in [1.165, 1.54) is 0 Å². The van der Waals surface area contributed by atoms with Crippen LogP contribution in [0, 0.1) is 0 Å². The van der Waals surface area contributed by atoms with E-state index in [0.29, 0.717) is 5.57 Å². The summed E-state index contributed by atoms with van der Waals surface area (Å²) in [5.74, 6) is -0.268. The molecule has 0 aliphatic carbocycles. The number of amides is 1. The molecule has 2 N–H and O–H groups in total. The predicted molar refractivity (Wildman–Crippen MR) is 50.7 cm³/mol. The molecule has 0 aliphatic heterocycles. The Kier molecular flexibility index (Phi) is 4.64. The minimum absolute atomic E-state index is 0.192. The van der Waals surface area contributed by atoms with Crippen molar-refractivity contribution in [1.29, 1.82) is 0 Å². The van der Waals surface area contributed by atoms with Crippen LogP contribution in [0.5, 0.6) is 0 Å². The largest absolute Gasteiger partial charge is 0.351 e. The van der Waals surface area contributed by atoms with E-state index in [0.717, 1.165) is 6.26 Å². The molecule has 0 saturated carbocycles. The maximum atomic E-state index is 10.9. The van der Waals surface area contributed by atoms with Gasteiger partial charge in [0.1, 0.15) is 0 Å². The molecule has 0 atom stereocenters. The molecule has 0 aromatic rings. The van der Waals surface area contributed by atoms with E-state index in [9.17, 15) is 13.2 Å². The van der Waals surface area contributed by atoms with Gasteiger partial charge in [-0.1, -0.05) is 6.58 Å². The van der Waals surface area contributed by atoms with Crippen LogP contribution >= 0.6 is 0 Å². The third-order valence-corrected chi connectivity index (χ3v) is 1.89. The fraction of sp³-hybridized carbons (Fsp3) is 0.571. The molecule has 13 heavy (non-hydrogen) atoms. The first-order valence-electron chi connectivity index (χ1n) is 3.71. The van der Waals surface area contributed by atoms with E-state index < -0.39 is 10.0 Å². The molecule has 0 saturated heterocycles. The topological polar surface area (TPSA) is 75.3 Å². The van der Waals surface area contributed by atoms with Crippen LogP contribution in [0.2, 0.25) is 0 Å². The van der Waals surface area contributed by atoms with Crippen LogP contribution in [0.1, 0.15) is 6.92 Å². The van der Waals surface area contributed by atoms with Crippen LogP contribution < -0.4 is 10.0 Å². The lowest BCUT2D eigenvalue weighted by Gasteiger charge is -2.04. The highest BCUT2D eigenvalue weighted by atomic mass is 32.2. The van der Waals surface area contributed by atoms with Crippen LogP contribution in [-0.2, 0) is 14.8 Å². The summed E-state index contributed by atoms with van der Waals surface area (Å²) >= 11 is 0. The van der Waals surface area contributed by atoms with E-state index in [1.807, 2.05) is 0 Å². The lowest BCUT2D eigenvalue weighted by molar-refractivity contribution is -0.117. The van der Waals surface area contributed by atoms with Crippen molar-refractivity contribution in [2.75, 3.05) is 19.3 Å². The summed E-state index contributed by atoms with van der Waals surface area (Å²) in [5.41, 5.74) is 0.402. The molecule has 0 spiro atoms. The van der Waals surface area contributed by atoms with Crippen molar-refractivity contribution in [3.05, 3.63) is 12.2 Å². The molecule has 0 aromatic heterocycles. The molecule has 1 amide bonds. The lowest BCUT2D eigenvalue weighted by atomic mass is 10.3. The molecule has 0 rings (SSSR count). The van der Waals surface area contributed by atoms with Crippen molar-refractivity contribution in [3.63, 3.8) is 0 Å². The summed E-state index contributed by atoms with van der Waals surface area (Å²) in [6, 6.07) is 0. The Hall–Kier alpha value is -0.880. The standard InChI is InChI=1S/C7H14N2O3S/c1-6(2)7(10)8-4-5-9-13(3,11)12/h9H,1,4-5H2,2-3H3,(H,8,10). The van der Waals surface area contributed by atoms with Gasteiger partial charge in [-0.3, -0.25) is 4.79 Å². The Bertz CT molecular complexity index is 295. The second kappa shape index (κ2) is 4.98. The maximum Gasteiger partial charge on any atom is 0.246 e. The number of carbonyl (C=O) groups excluding carboxylic acids is 1. The zero-order valence-electron chi connectivity index (χ0n) is 7.75. The first kappa shape index (κ1) is 12.1. The van der Waals surface area contributed by atoms with Gasteiger partial charge >= 0.3 is 0 Å². The average Bonchev–Trinajstić information content (AvgIpc) is 1.95. The smallest absolute Gasteiger partial charge is 0.246 e. The Morgan fingerprint density at radius 1 is 1.38 bits per heavy atom. The molecule has 5 nitrogen and oxygen atoms in total. The summed E-state index contributed by atoms with van der Waals surface area (Å²) in [6.07, 6.45) is 1.06. The minimum atomic E-state index is -3.17. The number of sulfonamides is 1. The van der Waals surface area contributed by atoms with E-state index in [4.69, 9.17) is 0 Å². The van der Waals surface area contributed by atoms with Gasteiger partial charge in [0.05, 0.1) is 6.26 Å². The highest BCUT2D eigenvalue weighted by Gasteiger charge is 2.01. The fourth-order valence-electron chi connectivity index (χ4n) is 0.563. The van der Waals surface area contributed by atoms with Crippen molar-refractivity contribution < 1.29 is 13.2 Å². The molecule has 0 bridgehead atoms. The van der Waals surface area contributed by atoms with Gasteiger partial charge in [-0.2, -0.15) is 0 Å². The molecule has 0 unspecified atom stereocenters. The van der Waals surface area contributed by atoms with Crippen LogP contribution in [0.15, 0.2) is 12.2 Å². The summed E-state index contributed by atoms with van der Waals surface area (Å²) in [6.45, 7) is 5.47. The van der Waals surface area contributed by atoms with Crippen LogP contribution in [0.25, 0.3) is 0 Å². The fourth-order valence-corrected chi connectivity index (χ4v) is 1.04. The molecule has 0 fully saturated rings. The second-order valence-corrected chi connectivity index (χ2v) is 4.54. The second-order valence-electron chi connectivity index (χ2n) is 2.70. The number of carbonyl (C=O) groups is 1. The highest BCUT2D eigenvalue weighted by molar-refractivity contribution is 7.88. The van der Waals surface area contributed by atoms with Crippen molar-refractivity contribution in [2.45, 2.75) is 6.92 Å². The number of hydrogen-bond acceptors (Lipinski definition) is 3. The molecular weight excluding hydrogens is 192 g/mol. The normalized spacial score (nSPS) is 10.9. The Morgan fingerprint density at radius 2 is 1.92 bits per heavy atom. The Morgan fingerprint density at radius 3 is 2.31 bits per heavy atom. The molecule has 0 radical (unpaired) electrons. The first-order valence-corrected chi connectivity index (χ1v) is 5.60. The van der Waals surface area contributed by atoms with Gasteiger partial charge in [0.15, 0.2) is 0 Å². The van der Waals surface area contributed by atoms with Gasteiger partial charge < -0.3 is 5.32 Å². The van der Waals surface area contributed by atoms with Gasteiger partial charge in [0.2, 0.25) is 15.9 Å². The molecule has 6 heteroatoms. The average molecular weight is 206 g/mol. The monoisotopic (exact) mass is 206 g/mol. The first-order chi connectivity index (χ1) is 5.83. The predicted octanol–water partition coefficient (Wildman–Crippen LogP) is -0.772. The van der Waals surface area contributed by atoms with E-state index in [-0.39, 0.29) is 19.0 Å². The number of rotatable bonds is 5. The van der Waals surface area contributed by atoms with E-state index >= 15 is 0 Å². The van der Waals surface area contributed by atoms with Crippen molar-refractivity contribution >= 4 is 15.9 Å². The lowest BCUT2D eigenvalue weighted by Crippen LogP contribution is -2.34. The van der Waals surface area contributed by atoms with Crippen LogP contribution in [0.3, 0.4) is 0 Å². The van der Waals surface area contributed by atoms with Gasteiger partial charge in [-0.25, -0.2) is 13.1 Å². The minimum Gasteiger partial charge on any atom is -0.351 e. The van der Waals surface area contributed by atoms with E-state index in [2.05, 4.69) is 16.6 Å². The van der Waals surface area contributed by atoms with Crippen molar-refractivity contribution in [2.24, 2.45) is 0 Å². The number of nitrogens with one attached hydrogen (secondary N) is 2. The van der Waals surface area contributed by atoms with Crippen molar-refractivity contribution in [1.82, 2.24) is 10.0 Å². The quantitative estimate of drug-likeness (QED) is 0.458. The van der Waals surface area contributed by atoms with Crippen LogP contribution in [0.4, 0.5) is 0 Å². The molecule has 0 aromatic carbocycles.